The molecule has 0 unspecified atom stereocenters. The van der Waals surface area contributed by atoms with Gasteiger partial charge in [-0.05, 0) is 12.8 Å². The summed E-state index contributed by atoms with van der Waals surface area (Å²) >= 11 is 1.15. The summed E-state index contributed by atoms with van der Waals surface area (Å²) in [5.41, 5.74) is 3.21. The number of carbonyl (C=O) groups is 2. The lowest BCUT2D eigenvalue weighted by atomic mass is 10.0. The van der Waals surface area contributed by atoms with E-state index >= 15 is 0 Å². The number of hydrogen-bond acceptors (Lipinski definition) is 6. The summed E-state index contributed by atoms with van der Waals surface area (Å²) in [5, 5.41) is 14.2. The first-order valence-electron chi connectivity index (χ1n) is 10.3. The van der Waals surface area contributed by atoms with E-state index in [9.17, 15) is 9.59 Å². The zero-order chi connectivity index (χ0) is 21.5. The van der Waals surface area contributed by atoms with Crippen LogP contribution in [-0.4, -0.2) is 38.9 Å². The summed E-state index contributed by atoms with van der Waals surface area (Å²) in [6, 6.07) is 19.2. The van der Waals surface area contributed by atoms with Crippen molar-refractivity contribution < 1.29 is 9.59 Å². The molecular formula is C23H23N5O2S. The van der Waals surface area contributed by atoms with E-state index in [-0.39, 0.29) is 11.8 Å². The first-order chi connectivity index (χ1) is 15.2. The van der Waals surface area contributed by atoms with E-state index in [4.69, 9.17) is 0 Å². The van der Waals surface area contributed by atoms with Crippen molar-refractivity contribution in [1.29, 1.82) is 0 Å². The number of benzene rings is 2. The Labute approximate surface area is 185 Å². The van der Waals surface area contributed by atoms with Crippen molar-refractivity contribution >= 4 is 23.7 Å². The van der Waals surface area contributed by atoms with Gasteiger partial charge in [-0.3, -0.25) is 10.1 Å². The molecule has 0 radical (unpaired) electrons. The van der Waals surface area contributed by atoms with Crippen molar-refractivity contribution in [3.05, 3.63) is 60.7 Å². The Balaban J connectivity index is 1.45. The third-order valence-electron chi connectivity index (χ3n) is 5.04. The number of urea groups is 1. The summed E-state index contributed by atoms with van der Waals surface area (Å²) in [6.07, 6.45) is 4.15. The molecule has 0 atom stereocenters. The zero-order valence-electron chi connectivity index (χ0n) is 17.0. The van der Waals surface area contributed by atoms with Gasteiger partial charge in [-0.2, -0.15) is 0 Å². The topological polar surface area (TPSA) is 96.9 Å². The van der Waals surface area contributed by atoms with Gasteiger partial charge in [-0.25, -0.2) is 9.78 Å². The third kappa shape index (κ3) is 5.67. The Bertz CT molecular complexity index is 1040. The van der Waals surface area contributed by atoms with Crippen LogP contribution in [0.1, 0.15) is 25.7 Å². The summed E-state index contributed by atoms with van der Waals surface area (Å²) in [7, 11) is 0. The van der Waals surface area contributed by atoms with E-state index < -0.39 is 11.9 Å². The highest BCUT2D eigenvalue weighted by molar-refractivity contribution is 7.99. The Morgan fingerprint density at radius 1 is 0.871 bits per heavy atom. The highest BCUT2D eigenvalue weighted by Crippen LogP contribution is 2.29. The molecule has 4 rings (SSSR count). The minimum Gasteiger partial charge on any atom is -0.335 e. The Morgan fingerprint density at radius 2 is 1.48 bits per heavy atom. The van der Waals surface area contributed by atoms with Crippen LogP contribution in [0.5, 0.6) is 0 Å². The Kier molecular flexibility index (Phi) is 6.89. The molecule has 0 saturated heterocycles. The number of amides is 3. The molecule has 8 heteroatoms. The number of thioether (sulfide) groups is 1. The fourth-order valence-electron chi connectivity index (χ4n) is 3.54. The van der Waals surface area contributed by atoms with Crippen molar-refractivity contribution in [2.45, 2.75) is 36.9 Å². The number of nitrogens with zero attached hydrogens (tertiary/aromatic N) is 3. The molecule has 1 fully saturated rings. The summed E-state index contributed by atoms with van der Waals surface area (Å²) in [5.74, 6) is -0.365. The second kappa shape index (κ2) is 10.2. The van der Waals surface area contributed by atoms with Gasteiger partial charge in [0, 0.05) is 17.2 Å². The predicted molar refractivity (Wildman–Crippen MR) is 120 cm³/mol. The first kappa shape index (κ1) is 21.0. The van der Waals surface area contributed by atoms with Crippen LogP contribution in [0.3, 0.4) is 0 Å². The molecule has 158 valence electrons. The van der Waals surface area contributed by atoms with Crippen LogP contribution in [0.15, 0.2) is 65.8 Å². The molecule has 3 aromatic rings. The number of carbonyl (C=O) groups excluding carboxylic acids is 2. The molecule has 2 aromatic carbocycles. The maximum absolute atomic E-state index is 12.2. The van der Waals surface area contributed by atoms with E-state index in [0.29, 0.717) is 16.5 Å². The molecular weight excluding hydrogens is 410 g/mol. The molecule has 1 aromatic heterocycles. The van der Waals surface area contributed by atoms with Crippen LogP contribution < -0.4 is 10.6 Å². The molecule has 1 aliphatic rings. The smallest absolute Gasteiger partial charge is 0.321 e. The quantitative estimate of drug-likeness (QED) is 0.569. The van der Waals surface area contributed by atoms with E-state index in [0.717, 1.165) is 48.6 Å². The monoisotopic (exact) mass is 433 g/mol. The van der Waals surface area contributed by atoms with E-state index in [2.05, 4.69) is 25.8 Å². The van der Waals surface area contributed by atoms with Gasteiger partial charge < -0.3 is 5.32 Å². The largest absolute Gasteiger partial charge is 0.335 e. The van der Waals surface area contributed by atoms with Gasteiger partial charge in [0.25, 0.3) is 0 Å². The maximum Gasteiger partial charge on any atom is 0.321 e. The Morgan fingerprint density at radius 3 is 2.13 bits per heavy atom. The van der Waals surface area contributed by atoms with Crippen molar-refractivity contribution in [3.8, 4) is 22.5 Å². The van der Waals surface area contributed by atoms with Crippen molar-refractivity contribution in [2.75, 3.05) is 5.75 Å². The number of nitrogens with one attached hydrogen (secondary N) is 2. The molecule has 1 saturated carbocycles. The molecule has 7 nitrogen and oxygen atoms in total. The van der Waals surface area contributed by atoms with Gasteiger partial charge in [0.05, 0.1) is 5.75 Å². The van der Waals surface area contributed by atoms with Crippen molar-refractivity contribution in [1.82, 2.24) is 25.8 Å². The number of aromatic nitrogens is 3. The summed E-state index contributed by atoms with van der Waals surface area (Å²) < 4.78 is 0. The van der Waals surface area contributed by atoms with Gasteiger partial charge in [0.1, 0.15) is 11.4 Å². The lowest BCUT2D eigenvalue weighted by Crippen LogP contribution is -2.44. The van der Waals surface area contributed by atoms with Gasteiger partial charge in [0.2, 0.25) is 11.1 Å². The molecule has 0 bridgehead atoms. The first-order valence-corrected chi connectivity index (χ1v) is 11.3. The molecule has 2 N–H and O–H groups in total. The predicted octanol–water partition coefficient (Wildman–Crippen LogP) is 4.07. The van der Waals surface area contributed by atoms with Crippen LogP contribution in [0, 0.1) is 0 Å². The normalized spacial score (nSPS) is 13.7. The lowest BCUT2D eigenvalue weighted by Gasteiger charge is -2.12. The van der Waals surface area contributed by atoms with Crippen molar-refractivity contribution in [3.63, 3.8) is 0 Å². The van der Waals surface area contributed by atoms with Crippen molar-refractivity contribution in [2.24, 2.45) is 0 Å². The molecule has 0 spiro atoms. The Hall–Kier alpha value is -3.26. The second-order valence-corrected chi connectivity index (χ2v) is 8.26. The van der Waals surface area contributed by atoms with Gasteiger partial charge in [-0.1, -0.05) is 85.3 Å². The van der Waals surface area contributed by atoms with E-state index in [1.807, 2.05) is 60.7 Å². The molecule has 1 aliphatic carbocycles. The lowest BCUT2D eigenvalue weighted by molar-refractivity contribution is -0.117. The van der Waals surface area contributed by atoms with Gasteiger partial charge in [0.15, 0.2) is 0 Å². The van der Waals surface area contributed by atoms with E-state index in [1.54, 1.807) is 0 Å². The molecule has 1 heterocycles. The minimum absolute atomic E-state index is 0.0265. The standard InChI is InChI=1S/C23H23N5O2S/c29-19(25-22(30)24-18-13-7-8-14-18)15-31-23-26-20(16-9-3-1-4-10-16)21(27-28-23)17-11-5-2-6-12-17/h1-6,9-12,18H,7-8,13-15H2,(H2,24,25,29,30). The highest BCUT2D eigenvalue weighted by atomic mass is 32.2. The molecule has 3 amide bonds. The fraction of sp³-hybridized carbons (Fsp3) is 0.261. The third-order valence-corrected chi connectivity index (χ3v) is 5.88. The van der Waals surface area contributed by atoms with E-state index in [1.165, 1.54) is 0 Å². The zero-order valence-corrected chi connectivity index (χ0v) is 17.8. The SMILES string of the molecule is O=C(CSc1nnc(-c2ccccc2)c(-c2ccccc2)n1)NC(=O)NC1CCCC1. The number of imide groups is 1. The molecule has 0 aliphatic heterocycles. The summed E-state index contributed by atoms with van der Waals surface area (Å²) in [6.45, 7) is 0. The second-order valence-electron chi connectivity index (χ2n) is 7.32. The van der Waals surface area contributed by atoms with Crippen LogP contribution in [0.4, 0.5) is 4.79 Å². The maximum atomic E-state index is 12.2. The minimum atomic E-state index is -0.444. The molecule has 31 heavy (non-hydrogen) atoms. The highest BCUT2D eigenvalue weighted by Gasteiger charge is 2.19. The number of hydrogen-bond donors (Lipinski definition) is 2. The van der Waals surface area contributed by atoms with Crippen LogP contribution >= 0.6 is 11.8 Å². The van der Waals surface area contributed by atoms with Gasteiger partial charge in [-0.15, -0.1) is 10.2 Å². The van der Waals surface area contributed by atoms with Crippen LogP contribution in [0.25, 0.3) is 22.5 Å². The number of rotatable bonds is 6. The summed E-state index contributed by atoms with van der Waals surface area (Å²) in [4.78, 5) is 28.8. The fourth-order valence-corrected chi connectivity index (χ4v) is 4.13. The average molecular weight is 434 g/mol. The average Bonchev–Trinajstić information content (AvgIpc) is 3.31. The van der Waals surface area contributed by atoms with Gasteiger partial charge >= 0.3 is 6.03 Å². The van der Waals surface area contributed by atoms with Crippen LogP contribution in [-0.2, 0) is 4.79 Å². The van der Waals surface area contributed by atoms with Crippen LogP contribution in [0.2, 0.25) is 0 Å².